The van der Waals surface area contributed by atoms with Crippen LogP contribution < -0.4 is 0 Å². The molecule has 1 heterocycles. The van der Waals surface area contributed by atoms with Gasteiger partial charge >= 0.3 is 0 Å². The first-order valence-corrected chi connectivity index (χ1v) is 7.60. The minimum absolute atomic E-state index is 0.561. The van der Waals surface area contributed by atoms with Gasteiger partial charge in [0.2, 0.25) is 0 Å². The smallest absolute Gasteiger partial charge is 0.181 e. The van der Waals surface area contributed by atoms with E-state index < -0.39 is 0 Å². The van der Waals surface area contributed by atoms with Crippen LogP contribution in [0.5, 0.6) is 0 Å². The number of benzene rings is 1. The fourth-order valence-corrected chi connectivity index (χ4v) is 2.70. The lowest BCUT2D eigenvalue weighted by Crippen LogP contribution is -2.04. The fraction of sp³-hybridized carbons (Fsp3) is 0.438. The molecule has 3 heteroatoms. The van der Waals surface area contributed by atoms with Crippen LogP contribution >= 0.6 is 15.9 Å². The Morgan fingerprint density at radius 3 is 2.47 bits per heavy atom. The predicted molar refractivity (Wildman–Crippen MR) is 83.9 cm³/mol. The van der Waals surface area contributed by atoms with Crippen molar-refractivity contribution in [2.75, 3.05) is 0 Å². The SMILES string of the molecule is CC(C)Cc1cc(C(C)C)ccc1-n1ccnc1Br. The first-order chi connectivity index (χ1) is 8.99. The van der Waals surface area contributed by atoms with Gasteiger partial charge in [0.25, 0.3) is 0 Å². The van der Waals surface area contributed by atoms with E-state index in [4.69, 9.17) is 0 Å². The molecule has 2 nitrogen and oxygen atoms in total. The summed E-state index contributed by atoms with van der Waals surface area (Å²) in [6, 6.07) is 6.77. The Kier molecular flexibility index (Phi) is 4.46. The molecule has 0 bridgehead atoms. The van der Waals surface area contributed by atoms with Gasteiger partial charge in [-0.25, -0.2) is 4.98 Å². The summed E-state index contributed by atoms with van der Waals surface area (Å²) in [6.45, 7) is 8.99. The summed E-state index contributed by atoms with van der Waals surface area (Å²) in [7, 11) is 0. The standard InChI is InChI=1S/C16H21BrN2/c1-11(2)9-14-10-13(12(3)4)5-6-15(14)19-8-7-18-16(19)17/h5-8,10-12H,9H2,1-4H3. The van der Waals surface area contributed by atoms with E-state index in [0.717, 1.165) is 11.2 Å². The van der Waals surface area contributed by atoms with Crippen molar-refractivity contribution in [2.45, 2.75) is 40.0 Å². The average molecular weight is 321 g/mol. The number of nitrogens with zero attached hydrogens (tertiary/aromatic N) is 2. The molecule has 0 radical (unpaired) electrons. The Bertz CT molecular complexity index is 556. The third kappa shape index (κ3) is 3.27. The van der Waals surface area contributed by atoms with Gasteiger partial charge in [0.15, 0.2) is 4.73 Å². The van der Waals surface area contributed by atoms with E-state index in [1.165, 1.54) is 16.8 Å². The molecule has 102 valence electrons. The Hall–Kier alpha value is -1.09. The lowest BCUT2D eigenvalue weighted by molar-refractivity contribution is 0.643. The van der Waals surface area contributed by atoms with Crippen molar-refractivity contribution in [2.24, 2.45) is 5.92 Å². The van der Waals surface area contributed by atoms with Crippen molar-refractivity contribution < 1.29 is 0 Å². The highest BCUT2D eigenvalue weighted by atomic mass is 79.9. The second-order valence-electron chi connectivity index (χ2n) is 5.71. The quantitative estimate of drug-likeness (QED) is 0.778. The van der Waals surface area contributed by atoms with Crippen molar-refractivity contribution >= 4 is 15.9 Å². The molecule has 0 saturated carbocycles. The molecule has 0 N–H and O–H groups in total. The summed E-state index contributed by atoms with van der Waals surface area (Å²) in [5.41, 5.74) is 4.01. The highest BCUT2D eigenvalue weighted by molar-refractivity contribution is 9.10. The van der Waals surface area contributed by atoms with Gasteiger partial charge in [-0.1, -0.05) is 39.8 Å². The van der Waals surface area contributed by atoms with Crippen LogP contribution in [0.3, 0.4) is 0 Å². The van der Waals surface area contributed by atoms with E-state index in [2.05, 4.69) is 71.4 Å². The zero-order valence-corrected chi connectivity index (χ0v) is 13.6. The van der Waals surface area contributed by atoms with Crippen LogP contribution in [0.2, 0.25) is 0 Å². The maximum atomic E-state index is 4.25. The lowest BCUT2D eigenvalue weighted by atomic mass is 9.95. The molecule has 0 atom stereocenters. The van der Waals surface area contributed by atoms with E-state index >= 15 is 0 Å². The van der Waals surface area contributed by atoms with Crippen LogP contribution in [-0.2, 0) is 6.42 Å². The zero-order chi connectivity index (χ0) is 14.0. The van der Waals surface area contributed by atoms with Gasteiger partial charge in [0.05, 0.1) is 5.69 Å². The second kappa shape index (κ2) is 5.91. The van der Waals surface area contributed by atoms with Gasteiger partial charge in [0.1, 0.15) is 0 Å². The van der Waals surface area contributed by atoms with Crippen LogP contribution in [-0.4, -0.2) is 9.55 Å². The molecule has 0 aliphatic heterocycles. The monoisotopic (exact) mass is 320 g/mol. The minimum Gasteiger partial charge on any atom is -0.294 e. The number of rotatable bonds is 4. The van der Waals surface area contributed by atoms with Crippen molar-refractivity contribution in [3.8, 4) is 5.69 Å². The van der Waals surface area contributed by atoms with Gasteiger partial charge in [-0.3, -0.25) is 4.57 Å². The zero-order valence-electron chi connectivity index (χ0n) is 12.0. The van der Waals surface area contributed by atoms with Gasteiger partial charge in [-0.15, -0.1) is 0 Å². The van der Waals surface area contributed by atoms with Crippen LogP contribution in [0.25, 0.3) is 5.69 Å². The summed E-state index contributed by atoms with van der Waals surface area (Å²) in [6.07, 6.45) is 4.90. The first-order valence-electron chi connectivity index (χ1n) is 6.81. The molecular weight excluding hydrogens is 300 g/mol. The minimum atomic E-state index is 0.561. The lowest BCUT2D eigenvalue weighted by Gasteiger charge is -2.16. The molecule has 19 heavy (non-hydrogen) atoms. The molecule has 0 saturated heterocycles. The van der Waals surface area contributed by atoms with Crippen molar-refractivity contribution in [1.29, 1.82) is 0 Å². The van der Waals surface area contributed by atoms with Gasteiger partial charge in [-0.2, -0.15) is 0 Å². The number of imidazole rings is 1. The number of hydrogen-bond acceptors (Lipinski definition) is 1. The molecule has 0 aliphatic rings. The number of aromatic nitrogens is 2. The molecule has 0 aliphatic carbocycles. The Morgan fingerprint density at radius 1 is 1.21 bits per heavy atom. The number of hydrogen-bond donors (Lipinski definition) is 0. The van der Waals surface area contributed by atoms with E-state index in [9.17, 15) is 0 Å². The molecule has 0 spiro atoms. The van der Waals surface area contributed by atoms with Crippen molar-refractivity contribution in [3.63, 3.8) is 0 Å². The summed E-state index contributed by atoms with van der Waals surface area (Å²) in [4.78, 5) is 4.25. The topological polar surface area (TPSA) is 17.8 Å². The molecule has 2 aromatic rings. The highest BCUT2D eigenvalue weighted by Gasteiger charge is 2.11. The molecule has 0 unspecified atom stereocenters. The highest BCUT2D eigenvalue weighted by Crippen LogP contribution is 2.26. The molecule has 0 fully saturated rings. The largest absolute Gasteiger partial charge is 0.294 e. The van der Waals surface area contributed by atoms with E-state index in [1.54, 1.807) is 0 Å². The molecule has 1 aromatic heterocycles. The van der Waals surface area contributed by atoms with Crippen LogP contribution in [0.1, 0.15) is 44.7 Å². The van der Waals surface area contributed by atoms with E-state index in [0.29, 0.717) is 11.8 Å². The summed E-state index contributed by atoms with van der Waals surface area (Å²) < 4.78 is 2.96. The van der Waals surface area contributed by atoms with Gasteiger partial charge in [0, 0.05) is 12.4 Å². The summed E-state index contributed by atoms with van der Waals surface area (Å²) in [5, 5.41) is 0. The van der Waals surface area contributed by atoms with Gasteiger partial charge in [-0.05, 0) is 51.4 Å². The van der Waals surface area contributed by atoms with E-state index in [-0.39, 0.29) is 0 Å². The molecular formula is C16H21BrN2. The van der Waals surface area contributed by atoms with Crippen LogP contribution in [0, 0.1) is 5.92 Å². The molecule has 2 rings (SSSR count). The van der Waals surface area contributed by atoms with Crippen molar-refractivity contribution in [1.82, 2.24) is 9.55 Å². The third-order valence-electron chi connectivity index (χ3n) is 3.25. The fourth-order valence-electron chi connectivity index (χ4n) is 2.27. The third-order valence-corrected chi connectivity index (χ3v) is 3.84. The predicted octanol–water partition coefficient (Wildman–Crippen LogP) is 4.96. The average Bonchev–Trinajstić information content (AvgIpc) is 2.74. The van der Waals surface area contributed by atoms with E-state index in [1.807, 2.05) is 12.4 Å². The molecule has 0 amide bonds. The van der Waals surface area contributed by atoms with Crippen LogP contribution in [0.15, 0.2) is 35.3 Å². The van der Waals surface area contributed by atoms with Crippen molar-refractivity contribution in [3.05, 3.63) is 46.5 Å². The van der Waals surface area contributed by atoms with Gasteiger partial charge < -0.3 is 0 Å². The Labute approximate surface area is 124 Å². The summed E-state index contributed by atoms with van der Waals surface area (Å²) >= 11 is 3.50. The molecule has 1 aromatic carbocycles. The first kappa shape index (κ1) is 14.3. The second-order valence-corrected chi connectivity index (χ2v) is 6.42. The summed E-state index contributed by atoms with van der Waals surface area (Å²) in [5.74, 6) is 1.20. The Morgan fingerprint density at radius 2 is 1.95 bits per heavy atom. The normalized spacial score (nSPS) is 11.5. The Balaban J connectivity index is 2.51. The maximum absolute atomic E-state index is 4.25. The maximum Gasteiger partial charge on any atom is 0.181 e. The van der Waals surface area contributed by atoms with Crippen LogP contribution in [0.4, 0.5) is 0 Å². The number of halogens is 1.